The maximum absolute atomic E-state index is 13.0. The molecular weight excluding hydrogens is 717 g/mol. The second kappa shape index (κ2) is 14.6. The monoisotopic (exact) mass is 736 g/mol. The van der Waals surface area contributed by atoms with Gasteiger partial charge in [-0.15, -0.1) is 11.7 Å². The third-order valence-corrected chi connectivity index (χ3v) is 8.36. The van der Waals surface area contributed by atoms with Gasteiger partial charge in [-0.3, -0.25) is 24.0 Å². The fraction of sp³-hybridized carbons (Fsp3) is 0.0909. The number of aliphatic hydroxyl groups excluding tert-OH is 1. The Balaban J connectivity index is 1.10. The van der Waals surface area contributed by atoms with Crippen molar-refractivity contribution in [3.63, 3.8) is 0 Å². The lowest BCUT2D eigenvalue weighted by atomic mass is 10.2. The zero-order chi connectivity index (χ0) is 35.5. The number of phenols is 1. The van der Waals surface area contributed by atoms with Gasteiger partial charge in [0.15, 0.2) is 27.8 Å². The molecule has 0 spiro atoms. The van der Waals surface area contributed by atoms with Crippen molar-refractivity contribution in [3.05, 3.63) is 121 Å². The van der Waals surface area contributed by atoms with Crippen molar-refractivity contribution in [3.8, 4) is 17.2 Å². The van der Waals surface area contributed by atoms with Crippen molar-refractivity contribution < 1.29 is 51.5 Å². The molecule has 0 saturated heterocycles. The third-order valence-electron chi connectivity index (χ3n) is 6.91. The van der Waals surface area contributed by atoms with Gasteiger partial charge in [-0.1, -0.05) is 18.2 Å². The van der Waals surface area contributed by atoms with Crippen LogP contribution >= 0.6 is 34.5 Å². The molecule has 254 valence electrons. The van der Waals surface area contributed by atoms with Crippen LogP contribution in [0.5, 0.6) is 17.2 Å². The van der Waals surface area contributed by atoms with Crippen molar-refractivity contribution in [2.75, 3.05) is 13.2 Å². The van der Waals surface area contributed by atoms with Crippen molar-refractivity contribution in [2.45, 2.75) is 6.10 Å². The fourth-order valence-corrected chi connectivity index (χ4v) is 5.59. The first kappa shape index (κ1) is 34.4. The molecule has 1 unspecified atom stereocenters. The van der Waals surface area contributed by atoms with Crippen molar-refractivity contribution >= 4 is 83.6 Å². The summed E-state index contributed by atoms with van der Waals surface area (Å²) in [6.45, 7) is -0.689. The number of aliphatic hydroxyl groups is 1. The highest BCUT2D eigenvalue weighted by Gasteiger charge is 2.22. The van der Waals surface area contributed by atoms with Crippen molar-refractivity contribution in [1.29, 1.82) is 0 Å². The van der Waals surface area contributed by atoms with Crippen molar-refractivity contribution in [1.82, 2.24) is 0 Å². The largest absolute Gasteiger partial charge is 0.507 e. The minimum Gasteiger partial charge on any atom is -0.507 e. The maximum Gasteiger partial charge on any atom is 0.386 e. The molecule has 3 aromatic carbocycles. The van der Waals surface area contributed by atoms with E-state index in [1.807, 2.05) is 0 Å². The van der Waals surface area contributed by atoms with E-state index in [1.165, 1.54) is 48.5 Å². The van der Waals surface area contributed by atoms with E-state index in [9.17, 15) is 39.0 Å². The Kier molecular flexibility index (Phi) is 10.0. The summed E-state index contributed by atoms with van der Waals surface area (Å²) in [5.74, 6) is -2.57. The van der Waals surface area contributed by atoms with Crippen molar-refractivity contribution in [2.24, 2.45) is 0 Å². The number of rotatable bonds is 9. The van der Waals surface area contributed by atoms with E-state index < -0.39 is 50.1 Å². The molecule has 6 rings (SSSR count). The predicted octanol–water partition coefficient (Wildman–Crippen LogP) is 4.89. The van der Waals surface area contributed by atoms with Gasteiger partial charge in [0.05, 0.1) is 0 Å². The van der Waals surface area contributed by atoms with Gasteiger partial charge in [0.25, 0.3) is 10.2 Å². The van der Waals surface area contributed by atoms with E-state index in [0.717, 1.165) is 18.2 Å². The normalized spacial score (nSPS) is 11.8. The van der Waals surface area contributed by atoms with Crippen LogP contribution in [0.3, 0.4) is 0 Å². The summed E-state index contributed by atoms with van der Waals surface area (Å²) in [5.41, 5.74) is -1.94. The number of phenolic OH excluding ortho intramolecular Hbond substituents is 1. The molecule has 2 N–H and O–H groups in total. The molecule has 0 aliphatic carbocycles. The van der Waals surface area contributed by atoms with Gasteiger partial charge in [0.2, 0.25) is 5.76 Å². The topological polar surface area (TPSA) is 210 Å². The van der Waals surface area contributed by atoms with Crippen LogP contribution in [0.25, 0.3) is 32.9 Å². The molecule has 6 aromatic rings. The number of thiol groups is 1. The fourth-order valence-electron chi connectivity index (χ4n) is 4.71. The van der Waals surface area contributed by atoms with Gasteiger partial charge in [-0.25, -0.2) is 4.79 Å². The second-order valence-corrected chi connectivity index (χ2v) is 12.0. The van der Waals surface area contributed by atoms with Gasteiger partial charge in [0.1, 0.15) is 81.5 Å². The minimum atomic E-state index is -1.25. The number of hydrogen-bond donors (Lipinski definition) is 3. The molecule has 0 aliphatic heterocycles. The average Bonchev–Trinajstić information content (AvgIpc) is 3.10. The molecule has 17 heteroatoms. The van der Waals surface area contributed by atoms with Crippen LogP contribution in [-0.2, 0) is 4.18 Å². The molecule has 0 saturated carbocycles. The summed E-state index contributed by atoms with van der Waals surface area (Å²) in [6, 6.07) is 15.6. The Morgan fingerprint density at radius 1 is 0.680 bits per heavy atom. The first-order valence-electron chi connectivity index (χ1n) is 14.2. The number of hydrogen-bond acceptors (Lipinski definition) is 17. The van der Waals surface area contributed by atoms with Crippen LogP contribution in [0.1, 0.15) is 31.7 Å². The molecule has 1 atom stereocenters. The van der Waals surface area contributed by atoms with Crippen LogP contribution in [-0.4, -0.2) is 45.7 Å². The molecule has 3 aromatic heterocycles. The molecular formula is C33H20O14S3. The van der Waals surface area contributed by atoms with Gasteiger partial charge >= 0.3 is 5.97 Å². The highest BCUT2D eigenvalue weighted by atomic mass is 33.1. The van der Waals surface area contributed by atoms with E-state index >= 15 is 0 Å². The van der Waals surface area contributed by atoms with E-state index in [0.29, 0.717) is 10.8 Å². The van der Waals surface area contributed by atoms with E-state index in [-0.39, 0.29) is 81.2 Å². The standard InChI is InChI=1S/C33H20O14S3/c34-15(14-43-21-6-3-9-24-30(21)19(38)12-27(46-24)33(41)50-48)13-42-20-5-2-8-23-29(20)18(37)10-25(44-23)31(39)47-49-32(40)26-11-17(36)28-16(35)4-1-7-22(28)45-26/h1-12,15,34-35,48H,13-14H2. The number of fused-ring (bicyclic) bond motifs is 3. The SMILES string of the molecule is O=C(OSC(=O)c1cc(=O)c2c(O)cccc2o1)c1cc(=O)c2c(OCC(O)COc3cccc4oc(C(=O)SS)cc(=O)c34)cccc2o1. The first-order valence-corrected chi connectivity index (χ1v) is 16.8. The van der Waals surface area contributed by atoms with E-state index in [1.54, 1.807) is 6.07 Å². The maximum atomic E-state index is 13.0. The summed E-state index contributed by atoms with van der Waals surface area (Å²) in [6.07, 6.45) is -1.25. The molecule has 0 fully saturated rings. The summed E-state index contributed by atoms with van der Waals surface area (Å²) < 4.78 is 32.6. The summed E-state index contributed by atoms with van der Waals surface area (Å²) in [4.78, 5) is 75.2. The highest BCUT2D eigenvalue weighted by molar-refractivity contribution is 8.75. The van der Waals surface area contributed by atoms with Crippen LogP contribution < -0.4 is 25.8 Å². The zero-order valence-corrected chi connectivity index (χ0v) is 27.5. The molecule has 0 bridgehead atoms. The lowest BCUT2D eigenvalue weighted by Crippen LogP contribution is -2.25. The van der Waals surface area contributed by atoms with Gasteiger partial charge in [0, 0.05) is 18.2 Å². The van der Waals surface area contributed by atoms with Crippen LogP contribution in [0, 0.1) is 0 Å². The Morgan fingerprint density at radius 3 is 1.70 bits per heavy atom. The number of ether oxygens (including phenoxy) is 2. The van der Waals surface area contributed by atoms with E-state index in [4.69, 9.17) is 26.9 Å². The molecule has 0 radical (unpaired) electrons. The number of aromatic hydroxyl groups is 1. The molecule has 14 nitrogen and oxygen atoms in total. The highest BCUT2D eigenvalue weighted by Crippen LogP contribution is 2.28. The molecule has 3 heterocycles. The van der Waals surface area contributed by atoms with Gasteiger partial charge in [-0.05, 0) is 47.2 Å². The number of carbonyl (C=O) groups is 3. The Hall–Kier alpha value is -5.49. The summed E-state index contributed by atoms with van der Waals surface area (Å²) in [7, 11) is 0.594. The number of benzene rings is 3. The lowest BCUT2D eigenvalue weighted by Gasteiger charge is -2.15. The van der Waals surface area contributed by atoms with Crippen LogP contribution in [0.15, 0.2) is 100 Å². The summed E-state index contributed by atoms with van der Waals surface area (Å²) >= 11 is 3.86. The van der Waals surface area contributed by atoms with E-state index in [2.05, 4.69) is 11.7 Å². The van der Waals surface area contributed by atoms with Gasteiger partial charge < -0.3 is 37.1 Å². The van der Waals surface area contributed by atoms with Crippen LogP contribution in [0.2, 0.25) is 0 Å². The van der Waals surface area contributed by atoms with Crippen LogP contribution in [0.4, 0.5) is 0 Å². The first-order chi connectivity index (χ1) is 24.0. The quantitative estimate of drug-likeness (QED) is 0.102. The lowest BCUT2D eigenvalue weighted by molar-refractivity contribution is 0.0636. The summed E-state index contributed by atoms with van der Waals surface area (Å²) in [5, 5.41) is 18.8. The Morgan fingerprint density at radius 2 is 1.14 bits per heavy atom. The molecule has 50 heavy (non-hydrogen) atoms. The minimum absolute atomic E-state index is 0.0159. The Labute approximate surface area is 291 Å². The average molecular weight is 737 g/mol. The number of carbonyl (C=O) groups excluding carboxylic acids is 3. The smallest absolute Gasteiger partial charge is 0.386 e. The Bertz CT molecular complexity index is 2500. The molecule has 0 aliphatic rings. The second-order valence-electron chi connectivity index (χ2n) is 10.2. The molecule has 0 amide bonds. The zero-order valence-electron chi connectivity index (χ0n) is 25.0. The predicted molar refractivity (Wildman–Crippen MR) is 184 cm³/mol. The third kappa shape index (κ3) is 7.11. The van der Waals surface area contributed by atoms with Gasteiger partial charge in [-0.2, -0.15) is 0 Å².